The summed E-state index contributed by atoms with van der Waals surface area (Å²) in [4.78, 5) is 16.5. The molecule has 0 heterocycles. The Bertz CT molecular complexity index is 432. The number of benzene rings is 1. The first kappa shape index (κ1) is 16.2. The maximum Gasteiger partial charge on any atom is 0.254 e. The highest BCUT2D eigenvalue weighted by Crippen LogP contribution is 2.20. The van der Waals surface area contributed by atoms with Crippen LogP contribution in [-0.2, 0) is 0 Å². The third kappa shape index (κ3) is 4.96. The minimum Gasteiger partial charge on any atom is -0.339 e. The van der Waals surface area contributed by atoms with Gasteiger partial charge in [0.1, 0.15) is 0 Å². The van der Waals surface area contributed by atoms with E-state index in [1.807, 2.05) is 36.9 Å². The molecule has 0 aliphatic carbocycles. The fourth-order valence-electron chi connectivity index (χ4n) is 1.94. The zero-order chi connectivity index (χ0) is 14.4. The monoisotopic (exact) mass is 326 g/mol. The van der Waals surface area contributed by atoms with Gasteiger partial charge in [0.15, 0.2) is 0 Å². The molecule has 0 aliphatic rings. The van der Waals surface area contributed by atoms with Gasteiger partial charge < -0.3 is 9.80 Å². The lowest BCUT2D eigenvalue weighted by molar-refractivity contribution is 0.0758. The molecule has 0 saturated heterocycles. The minimum absolute atomic E-state index is 0.105. The molecule has 0 saturated carbocycles. The molecule has 0 fully saturated rings. The Morgan fingerprint density at radius 1 is 1.26 bits per heavy atom. The molecule has 0 unspecified atom stereocenters. The van der Waals surface area contributed by atoms with E-state index in [1.54, 1.807) is 0 Å². The average molecular weight is 327 g/mol. The summed E-state index contributed by atoms with van der Waals surface area (Å²) in [6.07, 6.45) is 0.996. The van der Waals surface area contributed by atoms with Crippen molar-refractivity contribution in [2.24, 2.45) is 0 Å². The first-order valence-electron chi connectivity index (χ1n) is 6.65. The lowest BCUT2D eigenvalue weighted by Gasteiger charge is -2.22. The second-order valence-electron chi connectivity index (χ2n) is 5.02. The molecule has 3 nitrogen and oxygen atoms in total. The van der Waals surface area contributed by atoms with Crippen molar-refractivity contribution in [3.8, 4) is 0 Å². The third-order valence-corrected chi connectivity index (χ3v) is 3.71. The maximum absolute atomic E-state index is 12.5. The number of hydrogen-bond acceptors (Lipinski definition) is 2. The Kier molecular flexibility index (Phi) is 6.52. The van der Waals surface area contributed by atoms with Crippen LogP contribution in [0, 0.1) is 6.92 Å². The number of hydrogen-bond donors (Lipinski definition) is 0. The topological polar surface area (TPSA) is 23.6 Å². The van der Waals surface area contributed by atoms with E-state index in [-0.39, 0.29) is 5.91 Å². The van der Waals surface area contributed by atoms with Gasteiger partial charge in [-0.25, -0.2) is 0 Å². The Hall–Kier alpha value is -0.870. The van der Waals surface area contributed by atoms with E-state index in [1.165, 1.54) is 0 Å². The van der Waals surface area contributed by atoms with Crippen molar-refractivity contribution >= 4 is 21.8 Å². The zero-order valence-electron chi connectivity index (χ0n) is 12.2. The molecule has 1 aromatic rings. The summed E-state index contributed by atoms with van der Waals surface area (Å²) in [5.41, 5.74) is 1.90. The van der Waals surface area contributed by atoms with Gasteiger partial charge in [-0.2, -0.15) is 0 Å². The summed E-state index contributed by atoms with van der Waals surface area (Å²) >= 11 is 3.48. The Morgan fingerprint density at radius 3 is 2.47 bits per heavy atom. The van der Waals surface area contributed by atoms with Gasteiger partial charge in [-0.1, -0.05) is 6.07 Å². The van der Waals surface area contributed by atoms with Gasteiger partial charge in [0.2, 0.25) is 0 Å². The molecule has 4 heteroatoms. The van der Waals surface area contributed by atoms with Gasteiger partial charge in [0.05, 0.1) is 5.56 Å². The first-order chi connectivity index (χ1) is 8.95. The summed E-state index contributed by atoms with van der Waals surface area (Å²) in [6.45, 7) is 6.59. The molecular weight excluding hydrogens is 304 g/mol. The molecular formula is C15H23BrN2O. The van der Waals surface area contributed by atoms with Crippen molar-refractivity contribution in [2.75, 3.05) is 33.7 Å². The van der Waals surface area contributed by atoms with Crippen molar-refractivity contribution < 1.29 is 4.79 Å². The number of nitrogens with zero attached hydrogens (tertiary/aromatic N) is 2. The van der Waals surface area contributed by atoms with Crippen LogP contribution in [0.4, 0.5) is 0 Å². The van der Waals surface area contributed by atoms with Crippen molar-refractivity contribution in [2.45, 2.75) is 20.3 Å². The Morgan fingerprint density at radius 2 is 1.95 bits per heavy atom. The molecule has 19 heavy (non-hydrogen) atoms. The Balaban J connectivity index is 2.72. The molecule has 0 bridgehead atoms. The van der Waals surface area contributed by atoms with Crippen LogP contribution >= 0.6 is 15.9 Å². The lowest BCUT2D eigenvalue weighted by atomic mass is 10.1. The Labute approximate surface area is 124 Å². The number of carbonyl (C=O) groups is 1. The predicted molar refractivity (Wildman–Crippen MR) is 83.6 cm³/mol. The summed E-state index contributed by atoms with van der Waals surface area (Å²) in [6, 6.07) is 5.86. The van der Waals surface area contributed by atoms with Gasteiger partial charge in [-0.05, 0) is 74.5 Å². The third-order valence-electron chi connectivity index (χ3n) is 3.06. The molecule has 0 atom stereocenters. The summed E-state index contributed by atoms with van der Waals surface area (Å²) in [7, 11) is 4.10. The predicted octanol–water partition coefficient (Wildman–Crippen LogP) is 3.17. The molecule has 0 aromatic heterocycles. The fourth-order valence-corrected chi connectivity index (χ4v) is 2.61. The minimum atomic E-state index is 0.105. The van der Waals surface area contributed by atoms with E-state index >= 15 is 0 Å². The van der Waals surface area contributed by atoms with Crippen LogP contribution in [0.5, 0.6) is 0 Å². The SMILES string of the molecule is CCN(CCCN(C)C)C(=O)c1ccc(C)cc1Br. The van der Waals surface area contributed by atoms with Crippen LogP contribution in [0.2, 0.25) is 0 Å². The van der Waals surface area contributed by atoms with Gasteiger partial charge in [-0.15, -0.1) is 0 Å². The standard InChI is InChI=1S/C15H23BrN2O/c1-5-18(10-6-9-17(3)4)15(19)13-8-7-12(2)11-14(13)16/h7-8,11H,5-6,9-10H2,1-4H3. The van der Waals surface area contributed by atoms with Crippen LogP contribution < -0.4 is 0 Å². The van der Waals surface area contributed by atoms with Crippen molar-refractivity contribution in [1.82, 2.24) is 9.80 Å². The molecule has 0 N–H and O–H groups in total. The van der Waals surface area contributed by atoms with Gasteiger partial charge in [0.25, 0.3) is 5.91 Å². The van der Waals surface area contributed by atoms with Crippen LogP contribution in [0.25, 0.3) is 0 Å². The highest BCUT2D eigenvalue weighted by molar-refractivity contribution is 9.10. The molecule has 1 aromatic carbocycles. The lowest BCUT2D eigenvalue weighted by Crippen LogP contribution is -2.33. The quantitative estimate of drug-likeness (QED) is 0.801. The zero-order valence-corrected chi connectivity index (χ0v) is 13.8. The molecule has 1 rings (SSSR count). The number of aryl methyl sites for hydroxylation is 1. The van der Waals surface area contributed by atoms with Crippen LogP contribution in [0.15, 0.2) is 22.7 Å². The number of carbonyl (C=O) groups excluding carboxylic acids is 1. The molecule has 0 spiro atoms. The van der Waals surface area contributed by atoms with Gasteiger partial charge >= 0.3 is 0 Å². The van der Waals surface area contributed by atoms with Gasteiger partial charge in [0, 0.05) is 17.6 Å². The van der Waals surface area contributed by atoms with E-state index < -0.39 is 0 Å². The van der Waals surface area contributed by atoms with E-state index in [4.69, 9.17) is 0 Å². The number of amides is 1. The number of halogens is 1. The van der Waals surface area contributed by atoms with Gasteiger partial charge in [-0.3, -0.25) is 4.79 Å². The molecule has 106 valence electrons. The average Bonchev–Trinajstić information content (AvgIpc) is 2.33. The van der Waals surface area contributed by atoms with E-state index in [0.29, 0.717) is 0 Å². The normalized spacial score (nSPS) is 10.8. The molecule has 1 amide bonds. The molecule has 0 radical (unpaired) electrons. The van der Waals surface area contributed by atoms with Crippen molar-refractivity contribution in [1.29, 1.82) is 0 Å². The smallest absolute Gasteiger partial charge is 0.254 e. The summed E-state index contributed by atoms with van der Waals surface area (Å²) < 4.78 is 0.878. The van der Waals surface area contributed by atoms with Crippen LogP contribution in [0.1, 0.15) is 29.3 Å². The highest BCUT2D eigenvalue weighted by Gasteiger charge is 2.16. The maximum atomic E-state index is 12.5. The van der Waals surface area contributed by atoms with E-state index in [2.05, 4.69) is 34.9 Å². The molecule has 0 aliphatic heterocycles. The number of rotatable bonds is 6. The van der Waals surface area contributed by atoms with Crippen LogP contribution in [0.3, 0.4) is 0 Å². The summed E-state index contributed by atoms with van der Waals surface area (Å²) in [5, 5.41) is 0. The highest BCUT2D eigenvalue weighted by atomic mass is 79.9. The fraction of sp³-hybridized carbons (Fsp3) is 0.533. The first-order valence-corrected chi connectivity index (χ1v) is 7.45. The summed E-state index contributed by atoms with van der Waals surface area (Å²) in [5.74, 6) is 0.105. The van der Waals surface area contributed by atoms with Crippen molar-refractivity contribution in [3.63, 3.8) is 0 Å². The second kappa shape index (κ2) is 7.65. The van der Waals surface area contributed by atoms with Crippen LogP contribution in [-0.4, -0.2) is 49.4 Å². The second-order valence-corrected chi connectivity index (χ2v) is 5.88. The van der Waals surface area contributed by atoms with E-state index in [9.17, 15) is 4.79 Å². The van der Waals surface area contributed by atoms with E-state index in [0.717, 1.165) is 41.7 Å². The largest absolute Gasteiger partial charge is 0.339 e. The van der Waals surface area contributed by atoms with Crippen molar-refractivity contribution in [3.05, 3.63) is 33.8 Å².